The van der Waals surface area contributed by atoms with Crippen LogP contribution in [0.3, 0.4) is 0 Å². The topological polar surface area (TPSA) is 115 Å². The molecule has 3 aliphatic rings. The maximum absolute atomic E-state index is 13.6. The zero-order chi connectivity index (χ0) is 30.8. The molecule has 3 N–H and O–H groups in total. The lowest BCUT2D eigenvalue weighted by Gasteiger charge is -2.42. The van der Waals surface area contributed by atoms with E-state index in [-0.39, 0.29) is 36.5 Å². The number of fused-ring (bicyclic) bond motifs is 1. The Kier molecular flexibility index (Phi) is 12.1. The summed E-state index contributed by atoms with van der Waals surface area (Å²) in [6.07, 6.45) is 13.1. The molecular formula is C33H52N6O4. The molecule has 2 aliphatic carbocycles. The minimum atomic E-state index is -0.376. The lowest BCUT2D eigenvalue weighted by atomic mass is 9.88. The van der Waals surface area contributed by atoms with Crippen LogP contribution in [0, 0.1) is 0 Å². The number of guanidine groups is 1. The van der Waals surface area contributed by atoms with Gasteiger partial charge in [-0.3, -0.25) is 14.9 Å². The highest BCUT2D eigenvalue weighted by Gasteiger charge is 2.32. The fourth-order valence-corrected chi connectivity index (χ4v) is 6.54. The number of rotatable bonds is 11. The predicted molar refractivity (Wildman–Crippen MR) is 169 cm³/mol. The zero-order valence-corrected chi connectivity index (χ0v) is 26.6. The number of ether oxygens (including phenoxy) is 1. The number of benzene rings is 1. The average Bonchev–Trinajstić information content (AvgIpc) is 2.96. The first-order chi connectivity index (χ1) is 20.7. The standard InChI is InChI=1S/C33H52N6O4/c1-23(2)34-30(40)22-38-21-27-28(36-32(38)37-33(42)35-24(3)4)17-11-18-29(27)43-20-12-19-31(41)39(25-13-7-5-8-14-25)26-15-9-6-10-16-26/h11,17-18,23-26H,5-10,12-16,19-22H2,1-4H3,(H,34,40)(H2,35,36,37,42). The molecule has 1 heterocycles. The van der Waals surface area contributed by atoms with E-state index in [0.717, 1.165) is 31.2 Å². The molecule has 0 saturated heterocycles. The molecule has 1 aromatic rings. The number of nitrogens with zero attached hydrogens (tertiary/aromatic N) is 3. The first-order valence-corrected chi connectivity index (χ1v) is 16.5. The van der Waals surface area contributed by atoms with E-state index >= 15 is 0 Å². The molecular weight excluding hydrogens is 544 g/mol. The Labute approximate surface area is 257 Å². The number of nitrogens with one attached hydrogen (secondary N) is 3. The first kappa shape index (κ1) is 32.6. The molecule has 10 heteroatoms. The van der Waals surface area contributed by atoms with E-state index in [1.165, 1.54) is 38.5 Å². The van der Waals surface area contributed by atoms with Gasteiger partial charge in [0, 0.05) is 36.2 Å². The first-order valence-electron chi connectivity index (χ1n) is 16.5. The molecule has 4 rings (SSSR count). The van der Waals surface area contributed by atoms with Gasteiger partial charge in [0.25, 0.3) is 0 Å². The zero-order valence-electron chi connectivity index (χ0n) is 26.6. The highest BCUT2D eigenvalue weighted by atomic mass is 16.5. The average molecular weight is 597 g/mol. The van der Waals surface area contributed by atoms with Crippen LogP contribution in [0.1, 0.15) is 110 Å². The largest absolute Gasteiger partial charge is 0.493 e. The maximum atomic E-state index is 13.6. The van der Waals surface area contributed by atoms with Gasteiger partial charge in [-0.25, -0.2) is 9.79 Å². The SMILES string of the molecule is CC(C)NC(=O)CN1Cc2c(cccc2OCCCC(=O)N(C2CCCCC2)C2CCCCC2)N=C1NC(=O)NC(C)C. The van der Waals surface area contributed by atoms with Crippen molar-refractivity contribution in [1.29, 1.82) is 0 Å². The quantitative estimate of drug-likeness (QED) is 0.297. The van der Waals surface area contributed by atoms with Gasteiger partial charge in [-0.1, -0.05) is 44.6 Å². The van der Waals surface area contributed by atoms with E-state index in [1.807, 2.05) is 45.9 Å². The van der Waals surface area contributed by atoms with Crippen LogP contribution in [0.25, 0.3) is 0 Å². The molecule has 0 atom stereocenters. The molecule has 2 fully saturated rings. The second-order valence-corrected chi connectivity index (χ2v) is 12.9. The number of carbonyl (C=O) groups is 3. The van der Waals surface area contributed by atoms with Crippen LogP contribution in [0.4, 0.5) is 10.5 Å². The summed E-state index contributed by atoms with van der Waals surface area (Å²) in [7, 11) is 0. The maximum Gasteiger partial charge on any atom is 0.321 e. The smallest absolute Gasteiger partial charge is 0.321 e. The van der Waals surface area contributed by atoms with Gasteiger partial charge >= 0.3 is 6.03 Å². The highest BCUT2D eigenvalue weighted by molar-refractivity contribution is 5.99. The molecule has 0 aromatic heterocycles. The number of urea groups is 1. The van der Waals surface area contributed by atoms with E-state index in [9.17, 15) is 14.4 Å². The third-order valence-corrected chi connectivity index (χ3v) is 8.43. The molecule has 1 aromatic carbocycles. The monoisotopic (exact) mass is 596 g/mol. The minimum Gasteiger partial charge on any atom is -0.493 e. The van der Waals surface area contributed by atoms with Gasteiger partial charge in [0.1, 0.15) is 12.3 Å². The summed E-state index contributed by atoms with van der Waals surface area (Å²) in [6.45, 7) is 8.40. The van der Waals surface area contributed by atoms with Crippen LogP contribution in [0.5, 0.6) is 5.75 Å². The van der Waals surface area contributed by atoms with Crippen molar-refractivity contribution in [2.75, 3.05) is 13.2 Å². The summed E-state index contributed by atoms with van der Waals surface area (Å²) in [6, 6.07) is 6.04. The van der Waals surface area contributed by atoms with Crippen molar-refractivity contribution in [2.45, 2.75) is 135 Å². The Hall–Kier alpha value is -3.30. The second kappa shape index (κ2) is 16.0. The molecule has 1 aliphatic heterocycles. The van der Waals surface area contributed by atoms with E-state index < -0.39 is 0 Å². The van der Waals surface area contributed by atoms with Crippen molar-refractivity contribution >= 4 is 29.5 Å². The molecule has 10 nitrogen and oxygen atoms in total. The Morgan fingerprint density at radius 2 is 1.56 bits per heavy atom. The summed E-state index contributed by atoms with van der Waals surface area (Å²) in [5, 5.41) is 8.53. The summed E-state index contributed by atoms with van der Waals surface area (Å²) in [5.74, 6) is 1.12. The van der Waals surface area contributed by atoms with Gasteiger partial charge in [-0.05, 0) is 71.9 Å². The van der Waals surface area contributed by atoms with Crippen molar-refractivity contribution in [3.63, 3.8) is 0 Å². The molecule has 238 valence electrons. The second-order valence-electron chi connectivity index (χ2n) is 12.9. The van der Waals surface area contributed by atoms with Crippen LogP contribution in [-0.2, 0) is 16.1 Å². The Bertz CT molecular complexity index is 1110. The number of carbonyl (C=O) groups excluding carboxylic acids is 3. The Morgan fingerprint density at radius 3 is 2.16 bits per heavy atom. The number of hydrogen-bond acceptors (Lipinski definition) is 6. The van der Waals surface area contributed by atoms with E-state index in [1.54, 1.807) is 4.90 Å². The molecule has 2 saturated carbocycles. The lowest BCUT2D eigenvalue weighted by Crippen LogP contribution is -2.52. The number of hydrogen-bond donors (Lipinski definition) is 3. The normalized spacial score (nSPS) is 17.7. The third kappa shape index (κ3) is 9.60. The Balaban J connectivity index is 1.41. The van der Waals surface area contributed by atoms with Crippen LogP contribution in [-0.4, -0.2) is 70.9 Å². The fourth-order valence-electron chi connectivity index (χ4n) is 6.54. The molecule has 0 radical (unpaired) electrons. The number of amides is 4. The fraction of sp³-hybridized carbons (Fsp3) is 0.697. The third-order valence-electron chi connectivity index (χ3n) is 8.43. The van der Waals surface area contributed by atoms with Crippen molar-refractivity contribution in [3.05, 3.63) is 23.8 Å². The van der Waals surface area contributed by atoms with E-state index in [2.05, 4.69) is 20.9 Å². The van der Waals surface area contributed by atoms with Crippen LogP contribution >= 0.6 is 0 Å². The molecule has 0 bridgehead atoms. The molecule has 4 amide bonds. The predicted octanol–water partition coefficient (Wildman–Crippen LogP) is 5.37. The van der Waals surface area contributed by atoms with E-state index in [4.69, 9.17) is 9.73 Å². The molecule has 0 unspecified atom stereocenters. The summed E-state index contributed by atoms with van der Waals surface area (Å²) >= 11 is 0. The highest BCUT2D eigenvalue weighted by Crippen LogP contribution is 2.34. The summed E-state index contributed by atoms with van der Waals surface area (Å²) in [5.41, 5.74) is 1.54. The summed E-state index contributed by atoms with van der Waals surface area (Å²) < 4.78 is 6.25. The van der Waals surface area contributed by atoms with Gasteiger partial charge in [-0.15, -0.1) is 0 Å². The number of aliphatic imine (C=N–C) groups is 1. The van der Waals surface area contributed by atoms with Crippen LogP contribution in [0.2, 0.25) is 0 Å². The Morgan fingerprint density at radius 1 is 0.930 bits per heavy atom. The van der Waals surface area contributed by atoms with Crippen molar-refractivity contribution in [3.8, 4) is 5.75 Å². The van der Waals surface area contributed by atoms with Gasteiger partial charge in [-0.2, -0.15) is 0 Å². The van der Waals surface area contributed by atoms with Gasteiger partial charge in [0.15, 0.2) is 0 Å². The van der Waals surface area contributed by atoms with Gasteiger partial charge in [0.2, 0.25) is 17.8 Å². The van der Waals surface area contributed by atoms with Crippen LogP contribution < -0.4 is 20.7 Å². The minimum absolute atomic E-state index is 0.00378. The van der Waals surface area contributed by atoms with Crippen molar-refractivity contribution in [1.82, 2.24) is 25.8 Å². The van der Waals surface area contributed by atoms with Gasteiger partial charge < -0.3 is 25.2 Å². The van der Waals surface area contributed by atoms with Crippen molar-refractivity contribution in [2.24, 2.45) is 4.99 Å². The lowest BCUT2D eigenvalue weighted by molar-refractivity contribution is -0.138. The van der Waals surface area contributed by atoms with E-state index in [0.29, 0.717) is 55.5 Å². The van der Waals surface area contributed by atoms with Crippen LogP contribution in [0.15, 0.2) is 23.2 Å². The molecule has 0 spiro atoms. The molecule has 43 heavy (non-hydrogen) atoms. The van der Waals surface area contributed by atoms with Crippen molar-refractivity contribution < 1.29 is 19.1 Å². The summed E-state index contributed by atoms with van der Waals surface area (Å²) in [4.78, 5) is 47.5. The van der Waals surface area contributed by atoms with Gasteiger partial charge in [0.05, 0.1) is 18.8 Å².